The summed E-state index contributed by atoms with van der Waals surface area (Å²) in [5.74, 6) is 0. The quantitative estimate of drug-likeness (QED) is 0.818. The van der Waals surface area contributed by atoms with Crippen LogP contribution >= 0.6 is 11.6 Å². The van der Waals surface area contributed by atoms with Crippen LogP contribution in [0.25, 0.3) is 5.69 Å². The molecule has 0 aliphatic rings. The van der Waals surface area contributed by atoms with Gasteiger partial charge < -0.3 is 5.32 Å². The minimum atomic E-state index is -2.59. The van der Waals surface area contributed by atoms with Crippen LogP contribution in [-0.2, 0) is 6.54 Å². The van der Waals surface area contributed by atoms with Crippen LogP contribution in [0.3, 0.4) is 0 Å². The minimum Gasteiger partial charge on any atom is -0.313 e. The number of nitrogens with one attached hydrogen (secondary N) is 1. The Hall–Kier alpha value is -1.46. The SMILES string of the molecule is CCCNCc1cnn(-c2cccc(Cl)c2)c1C(F)F. The lowest BCUT2D eigenvalue weighted by Crippen LogP contribution is -2.15. The van der Waals surface area contributed by atoms with Crippen LogP contribution in [0.5, 0.6) is 0 Å². The summed E-state index contributed by atoms with van der Waals surface area (Å²) in [6, 6.07) is 6.72. The number of hydrogen-bond donors (Lipinski definition) is 1. The highest BCUT2D eigenvalue weighted by Crippen LogP contribution is 2.26. The summed E-state index contributed by atoms with van der Waals surface area (Å²) in [6.07, 6.45) is -0.160. The molecule has 0 amide bonds. The number of aromatic nitrogens is 2. The molecule has 0 atom stereocenters. The Labute approximate surface area is 121 Å². The lowest BCUT2D eigenvalue weighted by atomic mass is 10.2. The number of nitrogens with zero attached hydrogens (tertiary/aromatic N) is 2. The van der Waals surface area contributed by atoms with E-state index in [1.165, 1.54) is 10.9 Å². The predicted octanol–water partition coefficient (Wildman–Crippen LogP) is 3.96. The molecule has 1 heterocycles. The van der Waals surface area contributed by atoms with Crippen molar-refractivity contribution in [2.24, 2.45) is 0 Å². The summed E-state index contributed by atoms with van der Waals surface area (Å²) in [6.45, 7) is 3.19. The Balaban J connectivity index is 2.34. The van der Waals surface area contributed by atoms with Crippen LogP contribution in [0.15, 0.2) is 30.5 Å². The van der Waals surface area contributed by atoms with Gasteiger partial charge in [-0.2, -0.15) is 5.10 Å². The Morgan fingerprint density at radius 3 is 2.85 bits per heavy atom. The molecule has 0 saturated carbocycles. The molecular formula is C14H16ClF2N3. The molecule has 0 bridgehead atoms. The molecule has 0 spiro atoms. The molecule has 1 aromatic carbocycles. The van der Waals surface area contributed by atoms with Gasteiger partial charge in [-0.3, -0.25) is 0 Å². The van der Waals surface area contributed by atoms with E-state index >= 15 is 0 Å². The third-order valence-corrected chi connectivity index (χ3v) is 3.12. The maximum absolute atomic E-state index is 13.3. The summed E-state index contributed by atoms with van der Waals surface area (Å²) in [7, 11) is 0. The van der Waals surface area contributed by atoms with Gasteiger partial charge in [-0.1, -0.05) is 24.6 Å². The van der Waals surface area contributed by atoms with Gasteiger partial charge in [0.05, 0.1) is 11.9 Å². The molecule has 0 aliphatic carbocycles. The molecule has 2 aromatic rings. The first-order chi connectivity index (χ1) is 9.63. The molecule has 0 saturated heterocycles. The van der Waals surface area contributed by atoms with Gasteiger partial charge in [0, 0.05) is 17.1 Å². The maximum Gasteiger partial charge on any atom is 0.280 e. The van der Waals surface area contributed by atoms with E-state index in [1.54, 1.807) is 24.3 Å². The van der Waals surface area contributed by atoms with E-state index in [1.807, 2.05) is 6.92 Å². The van der Waals surface area contributed by atoms with Crippen LogP contribution in [0, 0.1) is 0 Å². The molecule has 3 nitrogen and oxygen atoms in total. The molecule has 0 radical (unpaired) electrons. The molecule has 108 valence electrons. The monoisotopic (exact) mass is 299 g/mol. The van der Waals surface area contributed by atoms with Crippen molar-refractivity contribution in [3.05, 3.63) is 46.7 Å². The van der Waals surface area contributed by atoms with Crippen molar-refractivity contribution in [2.45, 2.75) is 26.3 Å². The van der Waals surface area contributed by atoms with Crippen LogP contribution in [0.1, 0.15) is 31.0 Å². The highest BCUT2D eigenvalue weighted by atomic mass is 35.5. The Kier molecular flexibility index (Phi) is 5.09. The van der Waals surface area contributed by atoms with Crippen molar-refractivity contribution in [1.82, 2.24) is 15.1 Å². The van der Waals surface area contributed by atoms with Gasteiger partial charge in [0.2, 0.25) is 0 Å². The smallest absolute Gasteiger partial charge is 0.280 e. The van der Waals surface area contributed by atoms with Crippen LogP contribution in [-0.4, -0.2) is 16.3 Å². The van der Waals surface area contributed by atoms with Gasteiger partial charge in [0.25, 0.3) is 6.43 Å². The Morgan fingerprint density at radius 1 is 1.40 bits per heavy atom. The largest absolute Gasteiger partial charge is 0.313 e. The van der Waals surface area contributed by atoms with Gasteiger partial charge in [-0.15, -0.1) is 0 Å². The third kappa shape index (κ3) is 3.35. The van der Waals surface area contributed by atoms with E-state index in [4.69, 9.17) is 11.6 Å². The summed E-state index contributed by atoms with van der Waals surface area (Å²) in [5, 5.41) is 7.67. The lowest BCUT2D eigenvalue weighted by molar-refractivity contribution is 0.141. The summed E-state index contributed by atoms with van der Waals surface area (Å²) >= 11 is 5.89. The first-order valence-electron chi connectivity index (χ1n) is 6.45. The second kappa shape index (κ2) is 6.81. The van der Waals surface area contributed by atoms with Crippen LogP contribution < -0.4 is 5.32 Å². The predicted molar refractivity (Wildman–Crippen MR) is 75.5 cm³/mol. The standard InChI is InChI=1S/C14H16ClF2N3/c1-2-6-18-8-10-9-19-20(13(10)14(16)17)12-5-3-4-11(15)7-12/h3-5,7,9,14,18H,2,6,8H2,1H3. The zero-order chi connectivity index (χ0) is 14.5. The lowest BCUT2D eigenvalue weighted by Gasteiger charge is -2.09. The van der Waals surface area contributed by atoms with Gasteiger partial charge in [-0.05, 0) is 31.2 Å². The molecular weight excluding hydrogens is 284 g/mol. The van der Waals surface area contributed by atoms with Gasteiger partial charge in [-0.25, -0.2) is 13.5 Å². The molecule has 6 heteroatoms. The molecule has 1 N–H and O–H groups in total. The molecule has 0 aliphatic heterocycles. The summed E-state index contributed by atoms with van der Waals surface area (Å²) < 4.78 is 27.8. The zero-order valence-electron chi connectivity index (χ0n) is 11.1. The molecule has 0 fully saturated rings. The average Bonchev–Trinajstić information content (AvgIpc) is 2.83. The highest BCUT2D eigenvalue weighted by Gasteiger charge is 2.20. The molecule has 1 aromatic heterocycles. The van der Waals surface area contributed by atoms with E-state index in [9.17, 15) is 8.78 Å². The fraction of sp³-hybridized carbons (Fsp3) is 0.357. The van der Waals surface area contributed by atoms with E-state index in [2.05, 4.69) is 10.4 Å². The van der Waals surface area contributed by atoms with Gasteiger partial charge in [0.1, 0.15) is 5.69 Å². The first-order valence-corrected chi connectivity index (χ1v) is 6.83. The first kappa shape index (κ1) is 14.9. The van der Waals surface area contributed by atoms with Gasteiger partial charge >= 0.3 is 0 Å². The van der Waals surface area contributed by atoms with Crippen molar-refractivity contribution in [3.8, 4) is 5.69 Å². The Bertz CT molecular complexity index is 569. The molecule has 20 heavy (non-hydrogen) atoms. The van der Waals surface area contributed by atoms with Crippen molar-refractivity contribution < 1.29 is 8.78 Å². The number of alkyl halides is 2. The van der Waals surface area contributed by atoms with Crippen molar-refractivity contribution in [3.63, 3.8) is 0 Å². The fourth-order valence-electron chi connectivity index (χ4n) is 1.97. The second-order valence-electron chi connectivity index (χ2n) is 4.42. The summed E-state index contributed by atoms with van der Waals surface area (Å²) in [5.41, 5.74) is 0.957. The van der Waals surface area contributed by atoms with Crippen molar-refractivity contribution in [2.75, 3.05) is 6.54 Å². The fourth-order valence-corrected chi connectivity index (χ4v) is 2.16. The Morgan fingerprint density at radius 2 is 2.20 bits per heavy atom. The van der Waals surface area contributed by atoms with E-state index in [0.29, 0.717) is 22.8 Å². The molecule has 0 unspecified atom stereocenters. The number of hydrogen-bond acceptors (Lipinski definition) is 2. The minimum absolute atomic E-state index is 0.0872. The summed E-state index contributed by atoms with van der Waals surface area (Å²) in [4.78, 5) is 0. The van der Waals surface area contributed by atoms with Gasteiger partial charge in [0.15, 0.2) is 0 Å². The number of halogens is 3. The topological polar surface area (TPSA) is 29.9 Å². The highest BCUT2D eigenvalue weighted by molar-refractivity contribution is 6.30. The maximum atomic E-state index is 13.3. The average molecular weight is 300 g/mol. The van der Waals surface area contributed by atoms with Crippen molar-refractivity contribution >= 4 is 11.6 Å². The van der Waals surface area contributed by atoms with E-state index in [0.717, 1.165) is 13.0 Å². The van der Waals surface area contributed by atoms with E-state index < -0.39 is 6.43 Å². The molecule has 2 rings (SSSR count). The number of benzene rings is 1. The van der Waals surface area contributed by atoms with Crippen LogP contribution in [0.2, 0.25) is 5.02 Å². The number of rotatable bonds is 6. The third-order valence-electron chi connectivity index (χ3n) is 2.89. The van der Waals surface area contributed by atoms with Crippen LogP contribution in [0.4, 0.5) is 8.78 Å². The normalized spacial score (nSPS) is 11.2. The van der Waals surface area contributed by atoms with Crippen molar-refractivity contribution in [1.29, 1.82) is 0 Å². The van der Waals surface area contributed by atoms with E-state index in [-0.39, 0.29) is 5.69 Å². The second-order valence-corrected chi connectivity index (χ2v) is 4.86. The zero-order valence-corrected chi connectivity index (χ0v) is 11.9.